The predicted octanol–water partition coefficient (Wildman–Crippen LogP) is 3.31. The van der Waals surface area contributed by atoms with Crippen LogP contribution in [-0.2, 0) is 6.54 Å². The van der Waals surface area contributed by atoms with Crippen LogP contribution in [0.2, 0.25) is 5.02 Å². The van der Waals surface area contributed by atoms with E-state index in [1.807, 2.05) is 29.1 Å². The van der Waals surface area contributed by atoms with Gasteiger partial charge >= 0.3 is 0 Å². The van der Waals surface area contributed by atoms with Crippen LogP contribution in [0, 0.1) is 0 Å². The van der Waals surface area contributed by atoms with Gasteiger partial charge in [0.1, 0.15) is 5.82 Å². The van der Waals surface area contributed by atoms with E-state index in [4.69, 9.17) is 17.3 Å². The number of nitrogen functional groups attached to an aromatic ring is 1. The average molecular weight is 265 g/mol. The molecule has 0 amide bonds. The van der Waals surface area contributed by atoms with Crippen LogP contribution < -0.4 is 11.1 Å². The predicted molar refractivity (Wildman–Crippen MR) is 75.8 cm³/mol. The van der Waals surface area contributed by atoms with Crippen molar-refractivity contribution in [3.8, 4) is 0 Å². The lowest BCUT2D eigenvalue weighted by atomic mass is 10.2. The Morgan fingerprint density at radius 2 is 2.17 bits per heavy atom. The maximum absolute atomic E-state index is 5.95. The number of halogens is 1. The van der Waals surface area contributed by atoms with E-state index in [-0.39, 0.29) is 0 Å². The molecule has 3 N–H and O–H groups in total. The van der Waals surface area contributed by atoms with Gasteiger partial charge < -0.3 is 11.1 Å². The summed E-state index contributed by atoms with van der Waals surface area (Å²) in [5, 5.41) is 8.31. The van der Waals surface area contributed by atoms with Gasteiger partial charge in [-0.25, -0.2) is 0 Å². The van der Waals surface area contributed by atoms with E-state index in [1.165, 1.54) is 0 Å². The van der Waals surface area contributed by atoms with Crippen molar-refractivity contribution < 1.29 is 0 Å². The zero-order valence-corrected chi connectivity index (χ0v) is 11.3. The van der Waals surface area contributed by atoms with Gasteiger partial charge in [0.2, 0.25) is 0 Å². The molecule has 0 radical (unpaired) electrons. The van der Waals surface area contributed by atoms with E-state index < -0.39 is 0 Å². The van der Waals surface area contributed by atoms with Crippen molar-refractivity contribution in [1.29, 1.82) is 0 Å². The van der Waals surface area contributed by atoms with E-state index >= 15 is 0 Å². The summed E-state index contributed by atoms with van der Waals surface area (Å²) in [6.07, 6.45) is 1.96. The molecule has 4 nitrogen and oxygen atoms in total. The van der Waals surface area contributed by atoms with E-state index in [0.717, 1.165) is 11.4 Å². The lowest BCUT2D eigenvalue weighted by molar-refractivity contribution is 0.534. The number of benzene rings is 1. The molecule has 0 fully saturated rings. The molecule has 0 bridgehead atoms. The fourth-order valence-electron chi connectivity index (χ4n) is 1.69. The highest BCUT2D eigenvalue weighted by Crippen LogP contribution is 2.17. The van der Waals surface area contributed by atoms with Gasteiger partial charge in [-0.1, -0.05) is 11.6 Å². The minimum Gasteiger partial charge on any atom is -0.399 e. The second-order valence-corrected chi connectivity index (χ2v) is 4.96. The lowest BCUT2D eigenvalue weighted by Crippen LogP contribution is -2.04. The molecule has 96 valence electrons. The van der Waals surface area contributed by atoms with Crippen molar-refractivity contribution in [2.75, 3.05) is 11.1 Å². The quantitative estimate of drug-likeness (QED) is 0.833. The molecule has 0 aliphatic carbocycles. The molecule has 0 saturated heterocycles. The Bertz CT molecular complexity index is 513. The molecule has 1 aromatic carbocycles. The second kappa shape index (κ2) is 5.31. The Morgan fingerprint density at radius 3 is 2.78 bits per heavy atom. The highest BCUT2D eigenvalue weighted by atomic mass is 35.5. The molecular weight excluding hydrogens is 248 g/mol. The third-order valence-electron chi connectivity index (χ3n) is 2.59. The Hall–Kier alpha value is -1.68. The molecule has 0 aliphatic heterocycles. The first kappa shape index (κ1) is 12.8. The first-order chi connectivity index (χ1) is 8.54. The summed E-state index contributed by atoms with van der Waals surface area (Å²) in [7, 11) is 0. The van der Waals surface area contributed by atoms with Gasteiger partial charge in [-0.05, 0) is 37.6 Å². The molecule has 1 aromatic heterocycles. The van der Waals surface area contributed by atoms with Gasteiger partial charge in [0.25, 0.3) is 0 Å². The van der Waals surface area contributed by atoms with E-state index in [1.54, 1.807) is 6.07 Å². The summed E-state index contributed by atoms with van der Waals surface area (Å²) >= 11 is 5.95. The first-order valence-corrected chi connectivity index (χ1v) is 6.26. The molecule has 2 rings (SSSR count). The summed E-state index contributed by atoms with van der Waals surface area (Å²) in [6.45, 7) is 4.84. The van der Waals surface area contributed by atoms with Crippen LogP contribution in [0.4, 0.5) is 11.5 Å². The number of nitrogens with one attached hydrogen (secondary N) is 1. The van der Waals surface area contributed by atoms with Crippen LogP contribution in [-0.4, -0.2) is 9.78 Å². The van der Waals surface area contributed by atoms with Crippen molar-refractivity contribution in [3.05, 3.63) is 41.0 Å². The highest BCUT2D eigenvalue weighted by Gasteiger charge is 2.02. The standard InChI is InChI=1S/C13H17ClN4/c1-9(2)18-4-3-13(17-18)16-8-10-5-11(14)7-12(15)6-10/h3-7,9H,8,15H2,1-2H3,(H,16,17). The Balaban J connectivity index is 2.02. The van der Waals surface area contributed by atoms with E-state index in [0.29, 0.717) is 23.3 Å². The van der Waals surface area contributed by atoms with Crippen LogP contribution in [0.25, 0.3) is 0 Å². The molecule has 2 aromatic rings. The molecule has 0 atom stereocenters. The van der Waals surface area contributed by atoms with Crippen LogP contribution >= 0.6 is 11.6 Å². The zero-order valence-electron chi connectivity index (χ0n) is 10.5. The normalized spacial score (nSPS) is 10.9. The lowest BCUT2D eigenvalue weighted by Gasteiger charge is -2.06. The Kier molecular flexibility index (Phi) is 3.77. The SMILES string of the molecule is CC(C)n1ccc(NCc2cc(N)cc(Cl)c2)n1. The van der Waals surface area contributed by atoms with Crippen molar-refractivity contribution >= 4 is 23.1 Å². The second-order valence-electron chi connectivity index (χ2n) is 4.52. The van der Waals surface area contributed by atoms with Gasteiger partial charge in [0.15, 0.2) is 0 Å². The van der Waals surface area contributed by atoms with Gasteiger partial charge in [0.05, 0.1) is 0 Å². The Labute approximate surface area is 112 Å². The molecule has 18 heavy (non-hydrogen) atoms. The molecule has 0 saturated carbocycles. The number of rotatable bonds is 4. The molecule has 5 heteroatoms. The third-order valence-corrected chi connectivity index (χ3v) is 2.81. The highest BCUT2D eigenvalue weighted by molar-refractivity contribution is 6.30. The van der Waals surface area contributed by atoms with Crippen LogP contribution in [0.15, 0.2) is 30.5 Å². The zero-order chi connectivity index (χ0) is 13.1. The van der Waals surface area contributed by atoms with Gasteiger partial charge in [-0.2, -0.15) is 5.10 Å². The molecule has 0 aliphatic rings. The minimum atomic E-state index is 0.363. The van der Waals surface area contributed by atoms with Gasteiger partial charge in [-0.3, -0.25) is 4.68 Å². The van der Waals surface area contributed by atoms with Crippen molar-refractivity contribution in [2.45, 2.75) is 26.4 Å². The minimum absolute atomic E-state index is 0.363. The van der Waals surface area contributed by atoms with Crippen LogP contribution in [0.3, 0.4) is 0 Å². The largest absolute Gasteiger partial charge is 0.399 e. The number of nitrogens with zero attached hydrogens (tertiary/aromatic N) is 2. The van der Waals surface area contributed by atoms with Gasteiger partial charge in [0, 0.05) is 35.6 Å². The van der Waals surface area contributed by atoms with E-state index in [2.05, 4.69) is 24.3 Å². The molecule has 0 unspecified atom stereocenters. The first-order valence-electron chi connectivity index (χ1n) is 5.88. The number of anilines is 2. The summed E-state index contributed by atoms with van der Waals surface area (Å²) in [4.78, 5) is 0. The number of hydrogen-bond donors (Lipinski definition) is 2. The average Bonchev–Trinajstić information content (AvgIpc) is 2.73. The van der Waals surface area contributed by atoms with E-state index in [9.17, 15) is 0 Å². The van der Waals surface area contributed by atoms with Gasteiger partial charge in [-0.15, -0.1) is 0 Å². The fourth-order valence-corrected chi connectivity index (χ4v) is 1.96. The number of hydrogen-bond acceptors (Lipinski definition) is 3. The number of aromatic nitrogens is 2. The van der Waals surface area contributed by atoms with Crippen LogP contribution in [0.5, 0.6) is 0 Å². The number of nitrogens with two attached hydrogens (primary N) is 1. The molecule has 0 spiro atoms. The topological polar surface area (TPSA) is 55.9 Å². The summed E-state index contributed by atoms with van der Waals surface area (Å²) in [5.41, 5.74) is 7.45. The molecular formula is C13H17ClN4. The monoisotopic (exact) mass is 264 g/mol. The van der Waals surface area contributed by atoms with Crippen molar-refractivity contribution in [3.63, 3.8) is 0 Å². The fraction of sp³-hybridized carbons (Fsp3) is 0.308. The smallest absolute Gasteiger partial charge is 0.148 e. The summed E-state index contributed by atoms with van der Waals surface area (Å²) in [6, 6.07) is 7.84. The summed E-state index contributed by atoms with van der Waals surface area (Å²) in [5.74, 6) is 0.849. The third kappa shape index (κ3) is 3.17. The molecule has 1 heterocycles. The maximum atomic E-state index is 5.95. The Morgan fingerprint density at radius 1 is 1.39 bits per heavy atom. The van der Waals surface area contributed by atoms with Crippen molar-refractivity contribution in [1.82, 2.24) is 9.78 Å². The van der Waals surface area contributed by atoms with Crippen LogP contribution in [0.1, 0.15) is 25.5 Å². The maximum Gasteiger partial charge on any atom is 0.148 e. The van der Waals surface area contributed by atoms with Crippen molar-refractivity contribution in [2.24, 2.45) is 0 Å². The summed E-state index contributed by atoms with van der Waals surface area (Å²) < 4.78 is 1.91.